The van der Waals surface area contributed by atoms with Crippen molar-refractivity contribution in [3.63, 3.8) is 0 Å². The van der Waals surface area contributed by atoms with Crippen LogP contribution in [0.4, 0.5) is 5.95 Å². The number of hydrogen-bond acceptors (Lipinski definition) is 6. The summed E-state index contributed by atoms with van der Waals surface area (Å²) in [5.41, 5.74) is 0. The third-order valence-electron chi connectivity index (χ3n) is 4.35. The molecule has 2 aliphatic rings. The number of ether oxygens (including phenoxy) is 1. The fraction of sp³-hybridized carbons (Fsp3) is 0.714. The van der Waals surface area contributed by atoms with Gasteiger partial charge in [0.25, 0.3) is 0 Å². The quantitative estimate of drug-likeness (QED) is 0.770. The smallest absolute Gasteiger partial charge is 0.309 e. The molecular weight excluding hydrogens is 322 g/mol. The number of piperidine rings is 1. The number of anilines is 1. The van der Waals surface area contributed by atoms with Crippen molar-refractivity contribution in [1.29, 1.82) is 0 Å². The van der Waals surface area contributed by atoms with E-state index >= 15 is 0 Å². The predicted octanol–water partition coefficient (Wildman–Crippen LogP) is 0.452. The lowest BCUT2D eigenvalue weighted by Gasteiger charge is -2.19. The van der Waals surface area contributed by atoms with Crippen LogP contribution in [-0.2, 0) is 21.4 Å². The van der Waals surface area contributed by atoms with Crippen molar-refractivity contribution in [1.82, 2.24) is 20.1 Å². The normalized spacial score (nSPS) is 23.7. The summed E-state index contributed by atoms with van der Waals surface area (Å²) in [5.74, 6) is 0.403. The molecule has 2 N–H and O–H groups in total. The minimum Gasteiger partial charge on any atom is -0.469 e. The number of amides is 1. The van der Waals surface area contributed by atoms with Crippen LogP contribution in [0.2, 0.25) is 0 Å². The number of nitrogens with one attached hydrogen (secondary N) is 2. The minimum atomic E-state index is -0.325. The average molecular weight is 344 g/mol. The van der Waals surface area contributed by atoms with Crippen molar-refractivity contribution in [3.05, 3.63) is 5.82 Å². The zero-order valence-electron chi connectivity index (χ0n) is 13.2. The predicted molar refractivity (Wildman–Crippen MR) is 85.3 cm³/mol. The van der Waals surface area contributed by atoms with Crippen LogP contribution in [0.25, 0.3) is 0 Å². The Bertz CT molecular complexity index is 585. The van der Waals surface area contributed by atoms with E-state index in [1.165, 1.54) is 7.11 Å². The summed E-state index contributed by atoms with van der Waals surface area (Å²) in [6.45, 7) is 1.93. The van der Waals surface area contributed by atoms with E-state index in [0.29, 0.717) is 18.3 Å². The topological polar surface area (TPSA) is 98.1 Å². The molecule has 1 aromatic heterocycles. The highest BCUT2D eigenvalue weighted by Crippen LogP contribution is 2.40. The molecule has 1 saturated carbocycles. The van der Waals surface area contributed by atoms with Gasteiger partial charge in [-0.25, -0.2) is 4.68 Å². The fourth-order valence-corrected chi connectivity index (χ4v) is 2.87. The van der Waals surface area contributed by atoms with Crippen molar-refractivity contribution >= 4 is 30.2 Å². The minimum absolute atomic E-state index is 0. The molecule has 1 aromatic rings. The summed E-state index contributed by atoms with van der Waals surface area (Å²) in [6, 6.07) is 0. The van der Waals surface area contributed by atoms with Crippen molar-refractivity contribution in [2.75, 3.05) is 25.5 Å². The monoisotopic (exact) mass is 343 g/mol. The number of halogens is 1. The van der Waals surface area contributed by atoms with Crippen LogP contribution in [0.1, 0.15) is 31.0 Å². The van der Waals surface area contributed by atoms with Gasteiger partial charge in [0, 0.05) is 13.0 Å². The molecule has 8 nitrogen and oxygen atoms in total. The van der Waals surface area contributed by atoms with E-state index in [9.17, 15) is 9.59 Å². The Balaban J connectivity index is 0.00000192. The van der Waals surface area contributed by atoms with E-state index in [2.05, 4.69) is 25.5 Å². The van der Waals surface area contributed by atoms with Gasteiger partial charge in [-0.15, -0.1) is 12.4 Å². The van der Waals surface area contributed by atoms with Crippen LogP contribution in [0.15, 0.2) is 0 Å². The Morgan fingerprint density at radius 2 is 2.00 bits per heavy atom. The molecule has 0 radical (unpaired) electrons. The third-order valence-corrected chi connectivity index (χ3v) is 4.35. The number of aryl methyl sites for hydroxylation is 1. The molecule has 1 aliphatic heterocycles. The molecule has 1 saturated heterocycles. The first-order valence-corrected chi connectivity index (χ1v) is 7.60. The van der Waals surface area contributed by atoms with E-state index in [1.807, 2.05) is 0 Å². The van der Waals surface area contributed by atoms with Crippen molar-refractivity contribution < 1.29 is 14.3 Å². The molecule has 9 heteroatoms. The van der Waals surface area contributed by atoms with Crippen LogP contribution < -0.4 is 10.6 Å². The lowest BCUT2D eigenvalue weighted by Crippen LogP contribution is -2.27. The van der Waals surface area contributed by atoms with Gasteiger partial charge < -0.3 is 10.1 Å². The number of rotatable bonds is 4. The Kier molecular flexibility index (Phi) is 5.59. The second-order valence-electron chi connectivity index (χ2n) is 5.90. The van der Waals surface area contributed by atoms with Gasteiger partial charge in [0.1, 0.15) is 0 Å². The summed E-state index contributed by atoms with van der Waals surface area (Å²) < 4.78 is 6.24. The molecule has 0 aromatic carbocycles. The van der Waals surface area contributed by atoms with Crippen LogP contribution in [0, 0.1) is 11.8 Å². The summed E-state index contributed by atoms with van der Waals surface area (Å²) in [5, 5.41) is 10.5. The standard InChI is InChI=1S/C14H21N5O3.ClH/c1-19-14(16-11(18-19)8-3-5-15-6-4-8)17-12(20)9-7-10(9)13(21)22-2;/h8-10,15H,3-7H2,1-2H3,(H,16,17,18,20);1H. The van der Waals surface area contributed by atoms with Gasteiger partial charge in [0.05, 0.1) is 18.9 Å². The highest BCUT2D eigenvalue weighted by Gasteiger charge is 2.49. The Labute approximate surface area is 140 Å². The van der Waals surface area contributed by atoms with Crippen molar-refractivity contribution in [2.24, 2.45) is 18.9 Å². The molecule has 128 valence electrons. The Morgan fingerprint density at radius 1 is 1.30 bits per heavy atom. The van der Waals surface area contributed by atoms with Gasteiger partial charge in [-0.3, -0.25) is 14.9 Å². The highest BCUT2D eigenvalue weighted by atomic mass is 35.5. The largest absolute Gasteiger partial charge is 0.469 e. The van der Waals surface area contributed by atoms with E-state index < -0.39 is 0 Å². The number of carbonyl (C=O) groups excluding carboxylic acids is 2. The summed E-state index contributed by atoms with van der Waals surface area (Å²) >= 11 is 0. The van der Waals surface area contributed by atoms with E-state index in [1.54, 1.807) is 11.7 Å². The summed E-state index contributed by atoms with van der Waals surface area (Å²) in [4.78, 5) is 28.0. The summed E-state index contributed by atoms with van der Waals surface area (Å²) in [7, 11) is 3.10. The summed E-state index contributed by atoms with van der Waals surface area (Å²) in [6.07, 6.45) is 2.55. The van der Waals surface area contributed by atoms with Crippen molar-refractivity contribution in [2.45, 2.75) is 25.2 Å². The molecular formula is C14H22ClN5O3. The molecule has 1 amide bonds. The number of methoxy groups -OCH3 is 1. The average Bonchev–Trinajstić information content (AvgIpc) is 3.26. The first kappa shape index (κ1) is 17.7. The number of nitrogens with zero attached hydrogens (tertiary/aromatic N) is 3. The third kappa shape index (κ3) is 3.81. The molecule has 23 heavy (non-hydrogen) atoms. The maximum absolute atomic E-state index is 12.1. The van der Waals surface area contributed by atoms with E-state index in [0.717, 1.165) is 31.8 Å². The van der Waals surface area contributed by atoms with Gasteiger partial charge in [-0.1, -0.05) is 0 Å². The van der Waals surface area contributed by atoms with Gasteiger partial charge in [0.15, 0.2) is 5.82 Å². The van der Waals surface area contributed by atoms with E-state index in [-0.39, 0.29) is 36.1 Å². The lowest BCUT2D eigenvalue weighted by atomic mass is 9.98. The maximum atomic E-state index is 12.1. The van der Waals surface area contributed by atoms with Crippen LogP contribution in [0.3, 0.4) is 0 Å². The first-order chi connectivity index (χ1) is 10.6. The number of carbonyl (C=O) groups is 2. The van der Waals surface area contributed by atoms with Crippen LogP contribution in [0.5, 0.6) is 0 Å². The number of esters is 1. The number of hydrogen-bond donors (Lipinski definition) is 2. The van der Waals surface area contributed by atoms with Gasteiger partial charge in [0.2, 0.25) is 11.9 Å². The highest BCUT2D eigenvalue weighted by molar-refractivity contribution is 5.97. The molecule has 2 unspecified atom stereocenters. The van der Waals surface area contributed by atoms with Crippen molar-refractivity contribution in [3.8, 4) is 0 Å². The second kappa shape index (κ2) is 7.27. The Hall–Kier alpha value is -1.67. The molecule has 2 atom stereocenters. The first-order valence-electron chi connectivity index (χ1n) is 7.60. The fourth-order valence-electron chi connectivity index (χ4n) is 2.87. The zero-order valence-corrected chi connectivity index (χ0v) is 14.1. The van der Waals surface area contributed by atoms with Crippen LogP contribution in [-0.4, -0.2) is 46.8 Å². The molecule has 2 heterocycles. The molecule has 1 aliphatic carbocycles. The molecule has 0 bridgehead atoms. The number of aromatic nitrogens is 3. The SMILES string of the molecule is COC(=O)C1CC1C(=O)Nc1nc(C2CCNCC2)nn1C.Cl. The lowest BCUT2D eigenvalue weighted by molar-refractivity contribution is -0.143. The molecule has 3 rings (SSSR count). The van der Waals surface area contributed by atoms with Gasteiger partial charge >= 0.3 is 5.97 Å². The maximum Gasteiger partial charge on any atom is 0.309 e. The zero-order chi connectivity index (χ0) is 15.7. The van der Waals surface area contributed by atoms with Gasteiger partial charge in [-0.05, 0) is 32.4 Å². The molecule has 2 fully saturated rings. The van der Waals surface area contributed by atoms with Crippen LogP contribution >= 0.6 is 12.4 Å². The van der Waals surface area contributed by atoms with E-state index in [4.69, 9.17) is 0 Å². The second-order valence-corrected chi connectivity index (χ2v) is 5.90. The van der Waals surface area contributed by atoms with Gasteiger partial charge in [-0.2, -0.15) is 10.1 Å². The molecule has 0 spiro atoms. The Morgan fingerprint density at radius 3 is 2.65 bits per heavy atom.